The molecule has 0 saturated carbocycles. The third-order valence-corrected chi connectivity index (χ3v) is 4.81. The van der Waals surface area contributed by atoms with E-state index in [1.54, 1.807) is 6.92 Å². The van der Waals surface area contributed by atoms with E-state index >= 15 is 0 Å². The van der Waals surface area contributed by atoms with Crippen molar-refractivity contribution in [3.8, 4) is 0 Å². The lowest BCUT2D eigenvalue weighted by Crippen LogP contribution is -2.34. The van der Waals surface area contributed by atoms with Gasteiger partial charge in [0.1, 0.15) is 5.82 Å². The van der Waals surface area contributed by atoms with Crippen LogP contribution in [0.25, 0.3) is 10.8 Å². The van der Waals surface area contributed by atoms with Gasteiger partial charge in [0.15, 0.2) is 11.6 Å². The second-order valence-corrected chi connectivity index (χ2v) is 6.64. The topological polar surface area (TPSA) is 65.2 Å². The molecular formula is C20H16F5N3O2. The maximum absolute atomic E-state index is 13.7. The number of nitrogens with one attached hydrogen (secondary N) is 2. The summed E-state index contributed by atoms with van der Waals surface area (Å²) in [5.74, 6) is -3.44. The van der Waals surface area contributed by atoms with Gasteiger partial charge in [0.25, 0.3) is 12.0 Å². The first-order valence-corrected chi connectivity index (χ1v) is 8.72. The van der Waals surface area contributed by atoms with Crippen molar-refractivity contribution < 1.29 is 26.7 Å². The number of hydrogen-bond donors (Lipinski definition) is 2. The number of urea groups is 1. The predicted octanol–water partition coefficient (Wildman–Crippen LogP) is 5.11. The summed E-state index contributed by atoms with van der Waals surface area (Å²) in [5.41, 5.74) is -1.20. The molecule has 158 valence electrons. The molecular weight excluding hydrogens is 409 g/mol. The largest absolute Gasteiger partial charge is 0.328 e. The van der Waals surface area contributed by atoms with E-state index in [9.17, 15) is 31.5 Å². The lowest BCUT2D eigenvalue weighted by Gasteiger charge is -2.26. The number of aromatic nitrogens is 1. The number of pyridine rings is 1. The van der Waals surface area contributed by atoms with Crippen LogP contribution in [-0.4, -0.2) is 23.0 Å². The van der Waals surface area contributed by atoms with Gasteiger partial charge in [-0.3, -0.25) is 4.79 Å². The Bertz CT molecular complexity index is 1180. The molecule has 0 aliphatic heterocycles. The summed E-state index contributed by atoms with van der Waals surface area (Å²) < 4.78 is 66.4. The number of hydrogen-bond acceptors (Lipinski definition) is 2. The van der Waals surface area contributed by atoms with Gasteiger partial charge < -0.3 is 15.2 Å². The van der Waals surface area contributed by atoms with E-state index in [4.69, 9.17) is 0 Å². The van der Waals surface area contributed by atoms with E-state index in [1.165, 1.54) is 18.1 Å². The maximum atomic E-state index is 13.7. The number of halogens is 5. The zero-order valence-electron chi connectivity index (χ0n) is 15.8. The molecule has 2 aromatic carbocycles. The Morgan fingerprint density at radius 2 is 1.63 bits per heavy atom. The summed E-state index contributed by atoms with van der Waals surface area (Å²) in [6.07, 6.45) is -1.77. The summed E-state index contributed by atoms with van der Waals surface area (Å²) in [6, 6.07) is 2.94. The molecule has 0 aliphatic carbocycles. The van der Waals surface area contributed by atoms with Gasteiger partial charge in [-0.2, -0.15) is 0 Å². The Morgan fingerprint density at radius 1 is 1.00 bits per heavy atom. The van der Waals surface area contributed by atoms with E-state index < -0.39 is 47.1 Å². The SMILES string of the molecule is CC(c1c[nH]c(=O)c2cc(F)c(F)cc12)N(C)C(=O)Nc1ccc(F)c(C(F)F)c1. The number of carbonyl (C=O) groups is 1. The first-order valence-electron chi connectivity index (χ1n) is 8.72. The Hall–Kier alpha value is -3.43. The van der Waals surface area contributed by atoms with E-state index in [2.05, 4.69) is 10.3 Å². The maximum Gasteiger partial charge on any atom is 0.322 e. The number of alkyl halides is 2. The molecule has 0 saturated heterocycles. The molecule has 10 heteroatoms. The molecule has 30 heavy (non-hydrogen) atoms. The molecule has 2 amide bonds. The third-order valence-electron chi connectivity index (χ3n) is 4.81. The quantitative estimate of drug-likeness (QED) is 0.571. The minimum atomic E-state index is -3.05. The van der Waals surface area contributed by atoms with Gasteiger partial charge in [0.2, 0.25) is 0 Å². The monoisotopic (exact) mass is 425 g/mol. The van der Waals surface area contributed by atoms with Crippen LogP contribution in [0.2, 0.25) is 0 Å². The van der Waals surface area contributed by atoms with Gasteiger partial charge in [0.05, 0.1) is 17.0 Å². The number of nitrogens with zero attached hydrogens (tertiary/aromatic N) is 1. The number of aromatic amines is 1. The molecule has 2 N–H and O–H groups in total. The fraction of sp³-hybridized carbons (Fsp3) is 0.200. The molecule has 5 nitrogen and oxygen atoms in total. The Morgan fingerprint density at radius 3 is 2.27 bits per heavy atom. The van der Waals surface area contributed by atoms with Gasteiger partial charge in [-0.05, 0) is 48.2 Å². The van der Waals surface area contributed by atoms with Crippen LogP contribution in [0.5, 0.6) is 0 Å². The van der Waals surface area contributed by atoms with Crippen LogP contribution in [-0.2, 0) is 0 Å². The van der Waals surface area contributed by atoms with Gasteiger partial charge >= 0.3 is 6.03 Å². The summed E-state index contributed by atoms with van der Waals surface area (Å²) >= 11 is 0. The number of fused-ring (bicyclic) bond motifs is 1. The average Bonchev–Trinajstić information content (AvgIpc) is 2.70. The molecule has 0 aliphatic rings. The van der Waals surface area contributed by atoms with Crippen LogP contribution in [0.3, 0.4) is 0 Å². The lowest BCUT2D eigenvalue weighted by atomic mass is 10.0. The Kier molecular flexibility index (Phi) is 5.77. The standard InChI is InChI=1S/C20H16F5N3O2/c1-9(14-8-26-19(29)12-7-17(23)16(22)6-11(12)14)28(2)20(30)27-10-3-4-15(21)13(5-10)18(24)25/h3-9,18H,1-2H3,(H,26,29)(H,27,30). The van der Waals surface area contributed by atoms with Crippen LogP contribution in [0, 0.1) is 17.5 Å². The highest BCUT2D eigenvalue weighted by Gasteiger charge is 2.22. The van der Waals surface area contributed by atoms with Gasteiger partial charge in [-0.1, -0.05) is 0 Å². The van der Waals surface area contributed by atoms with Gasteiger partial charge in [0, 0.05) is 18.9 Å². The highest BCUT2D eigenvalue weighted by atomic mass is 19.3. The number of amides is 2. The second-order valence-electron chi connectivity index (χ2n) is 6.64. The molecule has 1 atom stereocenters. The van der Waals surface area contributed by atoms with E-state index in [0.29, 0.717) is 5.56 Å². The van der Waals surface area contributed by atoms with Crippen LogP contribution in [0.1, 0.15) is 30.5 Å². The number of H-pyrrole nitrogens is 1. The van der Waals surface area contributed by atoms with Crippen molar-refractivity contribution in [2.45, 2.75) is 19.4 Å². The van der Waals surface area contributed by atoms with Gasteiger partial charge in [-0.15, -0.1) is 0 Å². The third kappa shape index (κ3) is 3.98. The average molecular weight is 425 g/mol. The van der Waals surface area contributed by atoms with Gasteiger partial charge in [-0.25, -0.2) is 26.7 Å². The molecule has 3 rings (SSSR count). The van der Waals surface area contributed by atoms with Crippen molar-refractivity contribution in [2.75, 3.05) is 12.4 Å². The van der Waals surface area contributed by atoms with E-state index in [1.807, 2.05) is 0 Å². The molecule has 0 bridgehead atoms. The van der Waals surface area contributed by atoms with Crippen molar-refractivity contribution in [3.63, 3.8) is 0 Å². The van der Waals surface area contributed by atoms with E-state index in [-0.39, 0.29) is 16.5 Å². The number of rotatable bonds is 4. The molecule has 0 spiro atoms. The summed E-state index contributed by atoms with van der Waals surface area (Å²) in [5, 5.41) is 2.40. The lowest BCUT2D eigenvalue weighted by molar-refractivity contribution is 0.146. The van der Waals surface area contributed by atoms with Crippen LogP contribution in [0.4, 0.5) is 32.4 Å². The smallest absolute Gasteiger partial charge is 0.322 e. The van der Waals surface area contributed by atoms with Crippen LogP contribution >= 0.6 is 0 Å². The zero-order valence-corrected chi connectivity index (χ0v) is 15.8. The first-order chi connectivity index (χ1) is 14.1. The number of carbonyl (C=O) groups excluding carboxylic acids is 1. The number of benzene rings is 2. The highest BCUT2D eigenvalue weighted by Crippen LogP contribution is 2.28. The summed E-state index contributed by atoms with van der Waals surface area (Å²) in [6.45, 7) is 1.57. The predicted molar refractivity (Wildman–Crippen MR) is 101 cm³/mol. The van der Waals surface area contributed by atoms with Crippen molar-refractivity contribution in [1.29, 1.82) is 0 Å². The Balaban J connectivity index is 1.90. The molecule has 1 heterocycles. The second kappa shape index (κ2) is 8.13. The summed E-state index contributed by atoms with van der Waals surface area (Å²) in [7, 11) is 1.38. The molecule has 0 fully saturated rings. The Labute approximate surface area is 167 Å². The van der Waals surface area contributed by atoms with Crippen molar-refractivity contribution in [3.05, 3.63) is 75.5 Å². The fourth-order valence-electron chi connectivity index (χ4n) is 3.00. The molecule has 0 radical (unpaired) electrons. The highest BCUT2D eigenvalue weighted by molar-refractivity contribution is 5.90. The minimum Gasteiger partial charge on any atom is -0.328 e. The molecule has 1 unspecified atom stereocenters. The molecule has 3 aromatic rings. The van der Waals surface area contributed by atoms with E-state index in [0.717, 1.165) is 30.3 Å². The van der Waals surface area contributed by atoms with Crippen molar-refractivity contribution in [1.82, 2.24) is 9.88 Å². The van der Waals surface area contributed by atoms with Crippen molar-refractivity contribution >= 4 is 22.5 Å². The first kappa shape index (κ1) is 21.3. The van der Waals surface area contributed by atoms with Crippen LogP contribution < -0.4 is 10.9 Å². The minimum absolute atomic E-state index is 0.0461. The molecule has 1 aromatic heterocycles. The summed E-state index contributed by atoms with van der Waals surface area (Å²) in [4.78, 5) is 28.1. The fourth-order valence-corrected chi connectivity index (χ4v) is 3.00. The number of anilines is 1. The van der Waals surface area contributed by atoms with Crippen LogP contribution in [0.15, 0.2) is 41.3 Å². The zero-order chi connectivity index (χ0) is 22.2. The van der Waals surface area contributed by atoms with Crippen molar-refractivity contribution in [2.24, 2.45) is 0 Å². The normalized spacial score (nSPS) is 12.3.